The van der Waals surface area contributed by atoms with Crippen molar-refractivity contribution in [3.8, 4) is 0 Å². The van der Waals surface area contributed by atoms with E-state index in [-0.39, 0.29) is 12.1 Å². The van der Waals surface area contributed by atoms with E-state index >= 15 is 0 Å². The maximum Gasteiger partial charge on any atom is 0.0736 e. The monoisotopic (exact) mass is 221 g/mol. The molecule has 0 aliphatic heterocycles. The van der Waals surface area contributed by atoms with Gasteiger partial charge in [-0.1, -0.05) is 18.2 Å². The Balaban J connectivity index is 2.46. The molecular weight excluding hydrogens is 206 g/mol. The molecule has 0 aliphatic carbocycles. The minimum absolute atomic E-state index is 0.0395. The van der Waals surface area contributed by atoms with Crippen LogP contribution in [0.2, 0.25) is 0 Å². The molecule has 1 aromatic heterocycles. The van der Waals surface area contributed by atoms with Gasteiger partial charge in [0.2, 0.25) is 0 Å². The van der Waals surface area contributed by atoms with Crippen LogP contribution in [0.3, 0.4) is 0 Å². The first kappa shape index (κ1) is 10.6. The summed E-state index contributed by atoms with van der Waals surface area (Å²) in [5.74, 6) is 0. The molecule has 0 saturated heterocycles. The van der Waals surface area contributed by atoms with E-state index < -0.39 is 0 Å². The molecular formula is C12H15NOS. The van der Waals surface area contributed by atoms with Crippen LogP contribution in [-0.2, 0) is 4.74 Å². The highest BCUT2D eigenvalue weighted by Crippen LogP contribution is 2.29. The number of hydrogen-bond donors (Lipinski definition) is 1. The lowest BCUT2D eigenvalue weighted by Crippen LogP contribution is -2.25. The predicted molar refractivity (Wildman–Crippen MR) is 65.2 cm³/mol. The molecule has 0 spiro atoms. The van der Waals surface area contributed by atoms with E-state index in [9.17, 15) is 0 Å². The topological polar surface area (TPSA) is 35.2 Å². The second kappa shape index (κ2) is 4.31. The second-order valence-electron chi connectivity index (χ2n) is 3.65. The van der Waals surface area contributed by atoms with Gasteiger partial charge in [0.15, 0.2) is 0 Å². The Kier molecular flexibility index (Phi) is 3.05. The Morgan fingerprint density at radius 1 is 1.33 bits per heavy atom. The van der Waals surface area contributed by atoms with Gasteiger partial charge in [-0.05, 0) is 29.3 Å². The highest BCUT2D eigenvalue weighted by Gasteiger charge is 2.16. The number of nitrogens with two attached hydrogens (primary N) is 1. The van der Waals surface area contributed by atoms with E-state index in [0.717, 1.165) is 0 Å². The normalized spacial score (nSPS) is 15.4. The molecule has 0 amide bonds. The number of rotatable bonds is 3. The van der Waals surface area contributed by atoms with Gasteiger partial charge in [0.05, 0.1) is 12.1 Å². The zero-order chi connectivity index (χ0) is 10.8. The average molecular weight is 221 g/mol. The molecule has 15 heavy (non-hydrogen) atoms. The summed E-state index contributed by atoms with van der Waals surface area (Å²) in [6.07, 6.45) is 0.0395. The molecule has 2 N–H and O–H groups in total. The summed E-state index contributed by atoms with van der Waals surface area (Å²) in [7, 11) is 1.69. The van der Waals surface area contributed by atoms with Gasteiger partial charge in [-0.3, -0.25) is 0 Å². The lowest BCUT2D eigenvalue weighted by Gasteiger charge is -2.19. The minimum atomic E-state index is -0.0580. The van der Waals surface area contributed by atoms with E-state index in [2.05, 4.69) is 23.6 Å². The highest BCUT2D eigenvalue weighted by atomic mass is 32.1. The highest BCUT2D eigenvalue weighted by molar-refractivity contribution is 7.17. The Morgan fingerprint density at radius 3 is 2.87 bits per heavy atom. The molecule has 0 bridgehead atoms. The first-order valence-corrected chi connectivity index (χ1v) is 5.86. The van der Waals surface area contributed by atoms with E-state index in [1.165, 1.54) is 15.6 Å². The molecule has 2 rings (SSSR count). The largest absolute Gasteiger partial charge is 0.380 e. The van der Waals surface area contributed by atoms with Gasteiger partial charge in [-0.15, -0.1) is 11.3 Å². The maximum absolute atomic E-state index is 6.16. The van der Waals surface area contributed by atoms with Crippen molar-refractivity contribution in [3.63, 3.8) is 0 Å². The van der Waals surface area contributed by atoms with Gasteiger partial charge in [0.1, 0.15) is 0 Å². The van der Waals surface area contributed by atoms with Crippen molar-refractivity contribution in [2.75, 3.05) is 7.11 Å². The first-order valence-electron chi connectivity index (χ1n) is 4.98. The summed E-state index contributed by atoms with van der Waals surface area (Å²) in [6.45, 7) is 2.00. The number of benzene rings is 1. The van der Waals surface area contributed by atoms with E-state index in [0.29, 0.717) is 0 Å². The summed E-state index contributed by atoms with van der Waals surface area (Å²) >= 11 is 1.73. The van der Waals surface area contributed by atoms with Crippen LogP contribution in [0.5, 0.6) is 0 Å². The fourth-order valence-electron chi connectivity index (χ4n) is 1.68. The molecule has 2 unspecified atom stereocenters. The third kappa shape index (κ3) is 1.91. The average Bonchev–Trinajstić information content (AvgIpc) is 2.74. The molecule has 0 fully saturated rings. The number of thiophene rings is 1. The van der Waals surface area contributed by atoms with Crippen molar-refractivity contribution in [2.24, 2.45) is 5.73 Å². The second-order valence-corrected chi connectivity index (χ2v) is 4.57. The van der Waals surface area contributed by atoms with Gasteiger partial charge in [-0.25, -0.2) is 0 Å². The molecule has 1 heterocycles. The Hall–Kier alpha value is -0.900. The van der Waals surface area contributed by atoms with Crippen LogP contribution in [0.4, 0.5) is 0 Å². The standard InChI is InChI=1S/C12H15NOS/c1-8(14-2)11(13)10-5-3-4-9-6-7-15-12(9)10/h3-8,11H,13H2,1-2H3. The first-order chi connectivity index (χ1) is 7.24. The molecule has 0 radical (unpaired) electrons. The summed E-state index contributed by atoms with van der Waals surface area (Å²) in [6, 6.07) is 8.30. The van der Waals surface area contributed by atoms with Crippen molar-refractivity contribution in [1.82, 2.24) is 0 Å². The van der Waals surface area contributed by atoms with Crippen molar-refractivity contribution < 1.29 is 4.74 Å². The van der Waals surface area contributed by atoms with Crippen LogP contribution in [-0.4, -0.2) is 13.2 Å². The molecule has 2 nitrogen and oxygen atoms in total. The smallest absolute Gasteiger partial charge is 0.0736 e. The number of fused-ring (bicyclic) bond motifs is 1. The molecule has 0 aliphatic rings. The Bertz CT molecular complexity index is 452. The predicted octanol–water partition coefficient (Wildman–Crippen LogP) is 2.94. The Morgan fingerprint density at radius 2 is 2.13 bits per heavy atom. The molecule has 1 aromatic carbocycles. The quantitative estimate of drug-likeness (QED) is 0.865. The molecule has 80 valence electrons. The summed E-state index contributed by atoms with van der Waals surface area (Å²) in [4.78, 5) is 0. The van der Waals surface area contributed by atoms with Crippen LogP contribution in [0.15, 0.2) is 29.6 Å². The van der Waals surface area contributed by atoms with Gasteiger partial charge in [0, 0.05) is 11.8 Å². The third-order valence-corrected chi connectivity index (χ3v) is 3.73. The molecule has 0 saturated carbocycles. The van der Waals surface area contributed by atoms with Crippen molar-refractivity contribution in [3.05, 3.63) is 35.2 Å². The minimum Gasteiger partial charge on any atom is -0.380 e. The molecule has 3 heteroatoms. The van der Waals surface area contributed by atoms with Gasteiger partial charge < -0.3 is 10.5 Å². The fourth-order valence-corrected chi connectivity index (χ4v) is 2.64. The van der Waals surface area contributed by atoms with Crippen molar-refractivity contribution in [2.45, 2.75) is 19.1 Å². The number of ether oxygens (including phenoxy) is 1. The third-order valence-electron chi connectivity index (χ3n) is 2.75. The van der Waals surface area contributed by atoms with E-state index in [4.69, 9.17) is 10.5 Å². The van der Waals surface area contributed by atoms with Crippen LogP contribution < -0.4 is 5.73 Å². The lowest BCUT2D eigenvalue weighted by atomic mass is 10.0. The SMILES string of the molecule is COC(C)C(N)c1cccc2ccsc12. The van der Waals surface area contributed by atoms with Crippen LogP contribution in [0.1, 0.15) is 18.5 Å². The molecule has 2 aromatic rings. The van der Waals surface area contributed by atoms with Gasteiger partial charge in [-0.2, -0.15) is 0 Å². The number of methoxy groups -OCH3 is 1. The Labute approximate surface area is 93.7 Å². The van der Waals surface area contributed by atoms with E-state index in [1.807, 2.05) is 13.0 Å². The van der Waals surface area contributed by atoms with Crippen LogP contribution in [0, 0.1) is 0 Å². The van der Waals surface area contributed by atoms with E-state index in [1.54, 1.807) is 18.4 Å². The lowest BCUT2D eigenvalue weighted by molar-refractivity contribution is 0.0961. The zero-order valence-electron chi connectivity index (χ0n) is 8.94. The summed E-state index contributed by atoms with van der Waals surface area (Å²) in [5, 5.41) is 3.36. The number of hydrogen-bond acceptors (Lipinski definition) is 3. The summed E-state index contributed by atoms with van der Waals surface area (Å²) in [5.41, 5.74) is 7.33. The van der Waals surface area contributed by atoms with Crippen LogP contribution >= 0.6 is 11.3 Å². The van der Waals surface area contributed by atoms with Crippen molar-refractivity contribution >= 4 is 21.4 Å². The van der Waals surface area contributed by atoms with Gasteiger partial charge >= 0.3 is 0 Å². The van der Waals surface area contributed by atoms with Crippen molar-refractivity contribution in [1.29, 1.82) is 0 Å². The maximum atomic E-state index is 6.16. The van der Waals surface area contributed by atoms with Crippen LogP contribution in [0.25, 0.3) is 10.1 Å². The fraction of sp³-hybridized carbons (Fsp3) is 0.333. The van der Waals surface area contributed by atoms with Gasteiger partial charge in [0.25, 0.3) is 0 Å². The summed E-state index contributed by atoms with van der Waals surface area (Å²) < 4.78 is 6.54. The molecule has 2 atom stereocenters. The zero-order valence-corrected chi connectivity index (χ0v) is 9.75.